The minimum Gasteiger partial charge on any atom is -0.307 e. The SMILES string of the molecule is N#Cc1ccc(Cn2ccnc(Cl)c2=O)c(Cl)c1. The molecular weight excluding hydrogens is 273 g/mol. The zero-order valence-corrected chi connectivity index (χ0v) is 10.6. The Kier molecular flexibility index (Phi) is 3.66. The number of nitrogens with zero attached hydrogens (tertiary/aromatic N) is 3. The topological polar surface area (TPSA) is 58.7 Å². The molecule has 1 heterocycles. The Morgan fingerprint density at radius 2 is 2.17 bits per heavy atom. The molecule has 0 saturated carbocycles. The van der Waals surface area contributed by atoms with Crippen LogP contribution < -0.4 is 5.56 Å². The zero-order chi connectivity index (χ0) is 13.1. The van der Waals surface area contributed by atoms with E-state index in [1.54, 1.807) is 18.2 Å². The van der Waals surface area contributed by atoms with E-state index in [1.165, 1.54) is 17.0 Å². The molecule has 0 aliphatic heterocycles. The summed E-state index contributed by atoms with van der Waals surface area (Å²) < 4.78 is 1.41. The predicted molar refractivity (Wildman–Crippen MR) is 68.8 cm³/mol. The number of nitriles is 1. The van der Waals surface area contributed by atoms with Crippen molar-refractivity contribution in [3.63, 3.8) is 0 Å². The van der Waals surface area contributed by atoms with Gasteiger partial charge in [-0.05, 0) is 17.7 Å². The monoisotopic (exact) mass is 279 g/mol. The van der Waals surface area contributed by atoms with E-state index >= 15 is 0 Å². The lowest BCUT2D eigenvalue weighted by atomic mass is 10.1. The Morgan fingerprint density at radius 1 is 1.39 bits per heavy atom. The van der Waals surface area contributed by atoms with Crippen LogP contribution in [0.4, 0.5) is 0 Å². The highest BCUT2D eigenvalue weighted by Crippen LogP contribution is 2.18. The van der Waals surface area contributed by atoms with Crippen LogP contribution >= 0.6 is 23.2 Å². The molecule has 0 fully saturated rings. The second kappa shape index (κ2) is 5.21. The number of aromatic nitrogens is 2. The predicted octanol–water partition coefficient (Wildman–Crippen LogP) is 2.47. The van der Waals surface area contributed by atoms with Crippen molar-refractivity contribution in [2.45, 2.75) is 6.54 Å². The first-order valence-electron chi connectivity index (χ1n) is 5.01. The number of benzene rings is 1. The van der Waals surface area contributed by atoms with Crippen LogP contribution in [-0.2, 0) is 6.54 Å². The summed E-state index contributed by atoms with van der Waals surface area (Å²) >= 11 is 11.7. The third kappa shape index (κ3) is 2.53. The molecule has 0 radical (unpaired) electrons. The van der Waals surface area contributed by atoms with Gasteiger partial charge in [0.1, 0.15) is 0 Å². The summed E-state index contributed by atoms with van der Waals surface area (Å²) in [6, 6.07) is 6.91. The molecule has 1 aromatic heterocycles. The Balaban J connectivity index is 2.38. The van der Waals surface area contributed by atoms with E-state index in [0.717, 1.165) is 5.56 Å². The number of rotatable bonds is 2. The Bertz CT molecular complexity index is 688. The van der Waals surface area contributed by atoms with Gasteiger partial charge in [0, 0.05) is 17.4 Å². The summed E-state index contributed by atoms with van der Waals surface area (Å²) in [6.45, 7) is 0.283. The molecule has 0 N–H and O–H groups in total. The van der Waals surface area contributed by atoms with Crippen LogP contribution in [0, 0.1) is 11.3 Å². The zero-order valence-electron chi connectivity index (χ0n) is 9.10. The van der Waals surface area contributed by atoms with Gasteiger partial charge >= 0.3 is 0 Å². The number of halogens is 2. The molecular formula is C12H7Cl2N3O. The maximum absolute atomic E-state index is 11.7. The molecule has 0 aliphatic carbocycles. The van der Waals surface area contributed by atoms with Gasteiger partial charge in [-0.25, -0.2) is 4.98 Å². The fourth-order valence-electron chi connectivity index (χ4n) is 1.47. The van der Waals surface area contributed by atoms with Gasteiger partial charge in [-0.15, -0.1) is 0 Å². The summed E-state index contributed by atoms with van der Waals surface area (Å²) in [5.74, 6) is 0. The maximum atomic E-state index is 11.7. The van der Waals surface area contributed by atoms with Gasteiger partial charge in [0.15, 0.2) is 5.15 Å². The molecule has 0 bridgehead atoms. The Morgan fingerprint density at radius 3 is 2.83 bits per heavy atom. The van der Waals surface area contributed by atoms with Crippen molar-refractivity contribution < 1.29 is 0 Å². The van der Waals surface area contributed by atoms with E-state index in [0.29, 0.717) is 10.6 Å². The van der Waals surface area contributed by atoms with E-state index < -0.39 is 0 Å². The number of hydrogen-bond donors (Lipinski definition) is 0. The van der Waals surface area contributed by atoms with Crippen LogP contribution in [0.5, 0.6) is 0 Å². The molecule has 0 saturated heterocycles. The fraction of sp³-hybridized carbons (Fsp3) is 0.0833. The highest BCUT2D eigenvalue weighted by Gasteiger charge is 2.06. The molecule has 0 aliphatic rings. The van der Waals surface area contributed by atoms with Crippen LogP contribution in [0.15, 0.2) is 35.4 Å². The van der Waals surface area contributed by atoms with Gasteiger partial charge in [0.2, 0.25) is 0 Å². The smallest absolute Gasteiger partial charge is 0.288 e. The molecule has 18 heavy (non-hydrogen) atoms. The van der Waals surface area contributed by atoms with Gasteiger partial charge in [0.25, 0.3) is 5.56 Å². The van der Waals surface area contributed by atoms with E-state index in [9.17, 15) is 4.79 Å². The lowest BCUT2D eigenvalue weighted by Gasteiger charge is -2.07. The largest absolute Gasteiger partial charge is 0.307 e. The van der Waals surface area contributed by atoms with Crippen molar-refractivity contribution in [2.24, 2.45) is 0 Å². The lowest BCUT2D eigenvalue weighted by molar-refractivity contribution is 0.748. The van der Waals surface area contributed by atoms with E-state index in [2.05, 4.69) is 4.98 Å². The second-order valence-electron chi connectivity index (χ2n) is 3.57. The molecule has 0 spiro atoms. The van der Waals surface area contributed by atoms with Crippen molar-refractivity contribution in [1.82, 2.24) is 9.55 Å². The van der Waals surface area contributed by atoms with Gasteiger partial charge < -0.3 is 4.57 Å². The van der Waals surface area contributed by atoms with Crippen molar-refractivity contribution in [3.8, 4) is 6.07 Å². The average molecular weight is 280 g/mol. The van der Waals surface area contributed by atoms with E-state index in [1.807, 2.05) is 6.07 Å². The summed E-state index contributed by atoms with van der Waals surface area (Å²) in [6.07, 6.45) is 2.98. The molecule has 1 aromatic carbocycles. The molecule has 2 rings (SSSR count). The van der Waals surface area contributed by atoms with Gasteiger partial charge in [0.05, 0.1) is 18.2 Å². The van der Waals surface area contributed by atoms with Crippen molar-refractivity contribution in [2.75, 3.05) is 0 Å². The molecule has 2 aromatic rings. The van der Waals surface area contributed by atoms with Crippen LogP contribution in [0.1, 0.15) is 11.1 Å². The standard InChI is InChI=1S/C12H7Cl2N3O/c13-10-5-8(6-15)1-2-9(10)7-17-4-3-16-11(14)12(17)18/h1-5H,7H2. The molecule has 90 valence electrons. The molecule has 0 atom stereocenters. The van der Waals surface area contributed by atoms with E-state index in [-0.39, 0.29) is 17.3 Å². The Hall–Kier alpha value is -1.83. The number of hydrogen-bond acceptors (Lipinski definition) is 3. The van der Waals surface area contributed by atoms with Gasteiger partial charge in [-0.1, -0.05) is 29.3 Å². The molecule has 6 heteroatoms. The second-order valence-corrected chi connectivity index (χ2v) is 4.33. The highest BCUT2D eigenvalue weighted by molar-refractivity contribution is 6.31. The first kappa shape index (κ1) is 12.6. The van der Waals surface area contributed by atoms with Gasteiger partial charge in [-0.2, -0.15) is 5.26 Å². The fourth-order valence-corrected chi connectivity index (χ4v) is 1.88. The van der Waals surface area contributed by atoms with Crippen molar-refractivity contribution >= 4 is 23.2 Å². The van der Waals surface area contributed by atoms with Crippen LogP contribution in [0.2, 0.25) is 10.2 Å². The van der Waals surface area contributed by atoms with Crippen molar-refractivity contribution in [1.29, 1.82) is 5.26 Å². The molecule has 0 amide bonds. The maximum Gasteiger partial charge on any atom is 0.288 e. The summed E-state index contributed by atoms with van der Waals surface area (Å²) in [5, 5.41) is 9.09. The summed E-state index contributed by atoms with van der Waals surface area (Å²) in [7, 11) is 0. The minimum absolute atomic E-state index is 0.0812. The first-order valence-corrected chi connectivity index (χ1v) is 5.77. The third-order valence-corrected chi connectivity index (χ3v) is 3.01. The van der Waals surface area contributed by atoms with Crippen LogP contribution in [-0.4, -0.2) is 9.55 Å². The third-order valence-electron chi connectivity index (χ3n) is 2.39. The lowest BCUT2D eigenvalue weighted by Crippen LogP contribution is -2.21. The quantitative estimate of drug-likeness (QED) is 0.849. The minimum atomic E-state index is -0.375. The van der Waals surface area contributed by atoms with E-state index in [4.69, 9.17) is 28.5 Å². The normalized spacial score (nSPS) is 10.1. The summed E-state index contributed by atoms with van der Waals surface area (Å²) in [4.78, 5) is 15.4. The summed E-state index contributed by atoms with van der Waals surface area (Å²) in [5.41, 5.74) is 0.837. The van der Waals surface area contributed by atoms with Crippen LogP contribution in [0.25, 0.3) is 0 Å². The van der Waals surface area contributed by atoms with Crippen LogP contribution in [0.3, 0.4) is 0 Å². The Labute approximate surface area is 113 Å². The molecule has 0 unspecified atom stereocenters. The highest BCUT2D eigenvalue weighted by atomic mass is 35.5. The first-order chi connectivity index (χ1) is 8.61. The van der Waals surface area contributed by atoms with Gasteiger partial charge in [-0.3, -0.25) is 4.79 Å². The average Bonchev–Trinajstić information content (AvgIpc) is 2.37. The molecule has 4 nitrogen and oxygen atoms in total. The van der Waals surface area contributed by atoms with Crippen molar-refractivity contribution in [3.05, 3.63) is 62.2 Å².